The minimum absolute atomic E-state index is 0.0934. The number of nitrogens with one attached hydrogen (secondary N) is 1. The number of benzene rings is 3. The van der Waals surface area contributed by atoms with Gasteiger partial charge in [0, 0.05) is 29.3 Å². The minimum atomic E-state index is -0.898. The summed E-state index contributed by atoms with van der Waals surface area (Å²) in [7, 11) is 1.69. The van der Waals surface area contributed by atoms with Gasteiger partial charge in [-0.15, -0.1) is 0 Å². The van der Waals surface area contributed by atoms with E-state index < -0.39 is 5.97 Å². The lowest BCUT2D eigenvalue weighted by molar-refractivity contribution is -0.136. The highest BCUT2D eigenvalue weighted by Gasteiger charge is 2.12. The van der Waals surface area contributed by atoms with Gasteiger partial charge in [-0.05, 0) is 36.2 Å². The summed E-state index contributed by atoms with van der Waals surface area (Å²) in [5.74, 6) is 1.23. The van der Waals surface area contributed by atoms with Crippen molar-refractivity contribution in [1.82, 2.24) is 9.97 Å². The summed E-state index contributed by atoms with van der Waals surface area (Å²) < 4.78 is 11.3. The third kappa shape index (κ3) is 5.26. The zero-order chi connectivity index (χ0) is 23.9. The fourth-order valence-corrected chi connectivity index (χ4v) is 4.01. The van der Waals surface area contributed by atoms with Gasteiger partial charge >= 0.3 is 5.97 Å². The number of rotatable bonds is 10. The van der Waals surface area contributed by atoms with Crippen molar-refractivity contribution in [1.29, 1.82) is 0 Å². The summed E-state index contributed by atoms with van der Waals surface area (Å²) in [6.07, 6.45) is 2.19. The lowest BCUT2D eigenvalue weighted by Crippen LogP contribution is -2.08. The largest absolute Gasteiger partial charge is 0.496 e. The Balaban J connectivity index is 1.52. The van der Waals surface area contributed by atoms with Crippen molar-refractivity contribution in [3.05, 3.63) is 78.1 Å². The maximum Gasteiger partial charge on any atom is 0.307 e. The van der Waals surface area contributed by atoms with Gasteiger partial charge in [-0.1, -0.05) is 42.5 Å². The zero-order valence-corrected chi connectivity index (χ0v) is 19.2. The molecule has 0 saturated heterocycles. The van der Waals surface area contributed by atoms with Gasteiger partial charge in [-0.3, -0.25) is 4.79 Å². The molecular weight excluding hydrogens is 430 g/mol. The van der Waals surface area contributed by atoms with Crippen molar-refractivity contribution in [3.8, 4) is 22.8 Å². The molecule has 174 valence electrons. The van der Waals surface area contributed by atoms with Gasteiger partial charge < -0.3 is 19.9 Å². The van der Waals surface area contributed by atoms with Crippen LogP contribution in [0.4, 0.5) is 5.82 Å². The van der Waals surface area contributed by atoms with Crippen molar-refractivity contribution in [3.63, 3.8) is 0 Å². The van der Waals surface area contributed by atoms with E-state index in [0.29, 0.717) is 30.3 Å². The number of aromatic nitrogens is 2. The maximum atomic E-state index is 11.1. The third-order valence-electron chi connectivity index (χ3n) is 5.57. The molecule has 0 fully saturated rings. The average molecular weight is 458 g/mol. The van der Waals surface area contributed by atoms with Gasteiger partial charge in [-0.2, -0.15) is 0 Å². The van der Waals surface area contributed by atoms with Crippen LogP contribution in [0, 0.1) is 0 Å². The van der Waals surface area contributed by atoms with Crippen LogP contribution in [-0.2, 0) is 17.6 Å². The molecule has 7 heteroatoms. The minimum Gasteiger partial charge on any atom is -0.496 e. The molecule has 4 rings (SSSR count). The molecule has 0 spiro atoms. The van der Waals surface area contributed by atoms with Crippen LogP contribution in [0.3, 0.4) is 0 Å². The Morgan fingerprint density at radius 1 is 1.03 bits per heavy atom. The lowest BCUT2D eigenvalue weighted by atomic mass is 10.0. The van der Waals surface area contributed by atoms with Crippen molar-refractivity contribution in [2.75, 3.05) is 25.6 Å². The summed E-state index contributed by atoms with van der Waals surface area (Å²) in [6, 6.07) is 19.7. The number of hydrogen-bond acceptors (Lipinski definition) is 6. The third-order valence-corrected chi connectivity index (χ3v) is 5.57. The van der Waals surface area contributed by atoms with Gasteiger partial charge in [0.2, 0.25) is 0 Å². The Hall–Kier alpha value is -4.13. The van der Waals surface area contributed by atoms with Crippen molar-refractivity contribution >= 4 is 22.6 Å². The molecular formula is C27H27N3O4. The zero-order valence-electron chi connectivity index (χ0n) is 19.2. The molecule has 0 aliphatic carbocycles. The Morgan fingerprint density at radius 3 is 2.68 bits per heavy atom. The monoisotopic (exact) mass is 457 g/mol. The fourth-order valence-electron chi connectivity index (χ4n) is 4.01. The van der Waals surface area contributed by atoms with Crippen molar-refractivity contribution in [2.24, 2.45) is 0 Å². The fraction of sp³-hybridized carbons (Fsp3) is 0.222. The van der Waals surface area contributed by atoms with Gasteiger partial charge in [0.15, 0.2) is 0 Å². The van der Waals surface area contributed by atoms with Crippen molar-refractivity contribution < 1.29 is 19.4 Å². The topological polar surface area (TPSA) is 93.6 Å². The van der Waals surface area contributed by atoms with E-state index in [4.69, 9.17) is 14.6 Å². The second kappa shape index (κ2) is 10.7. The van der Waals surface area contributed by atoms with E-state index in [-0.39, 0.29) is 6.42 Å². The number of carboxylic acid groups (broad SMARTS) is 1. The van der Waals surface area contributed by atoms with Gasteiger partial charge in [0.25, 0.3) is 0 Å². The first-order valence-electron chi connectivity index (χ1n) is 11.2. The molecule has 7 nitrogen and oxygen atoms in total. The molecule has 0 amide bonds. The van der Waals surface area contributed by atoms with Crippen LogP contribution in [0.15, 0.2) is 67.0 Å². The number of fused-ring (bicyclic) bond motifs is 1. The first-order chi connectivity index (χ1) is 16.6. The Kier molecular flexibility index (Phi) is 7.22. The van der Waals surface area contributed by atoms with Crippen LogP contribution >= 0.6 is 0 Å². The molecule has 1 aromatic heterocycles. The van der Waals surface area contributed by atoms with Crippen molar-refractivity contribution in [2.45, 2.75) is 19.8 Å². The van der Waals surface area contributed by atoms with E-state index in [9.17, 15) is 4.79 Å². The molecule has 1 heterocycles. The first kappa shape index (κ1) is 23.0. The van der Waals surface area contributed by atoms with Crippen LogP contribution in [-0.4, -0.2) is 41.3 Å². The molecule has 3 aromatic carbocycles. The lowest BCUT2D eigenvalue weighted by Gasteiger charge is -2.13. The van der Waals surface area contributed by atoms with E-state index in [1.165, 1.54) is 17.1 Å². The Bertz CT molecular complexity index is 1310. The molecule has 0 bridgehead atoms. The number of anilines is 1. The number of hydrogen-bond donors (Lipinski definition) is 2. The number of methoxy groups -OCH3 is 1. The summed E-state index contributed by atoms with van der Waals surface area (Å²) in [5, 5.41) is 14.9. The maximum absolute atomic E-state index is 11.1. The molecule has 0 radical (unpaired) electrons. The molecule has 4 aromatic rings. The van der Waals surface area contributed by atoms with E-state index in [2.05, 4.69) is 33.5 Å². The first-order valence-corrected chi connectivity index (χ1v) is 11.2. The summed E-state index contributed by atoms with van der Waals surface area (Å²) in [4.78, 5) is 19.9. The highest BCUT2D eigenvalue weighted by atomic mass is 16.5. The van der Waals surface area contributed by atoms with E-state index in [1.54, 1.807) is 13.2 Å². The average Bonchev–Trinajstić information content (AvgIpc) is 2.85. The van der Waals surface area contributed by atoms with Gasteiger partial charge in [-0.25, -0.2) is 9.97 Å². The smallest absolute Gasteiger partial charge is 0.307 e. The Labute approximate surface area is 198 Å². The number of carbonyl (C=O) groups is 1. The van der Waals surface area contributed by atoms with E-state index in [0.717, 1.165) is 29.0 Å². The van der Waals surface area contributed by atoms with Crippen LogP contribution in [0.25, 0.3) is 22.0 Å². The summed E-state index contributed by atoms with van der Waals surface area (Å²) in [5.41, 5.74) is 3.34. The number of aliphatic carboxylic acids is 1. The number of ether oxygens (including phenoxy) is 2. The van der Waals surface area contributed by atoms with Gasteiger partial charge in [0.05, 0.1) is 25.8 Å². The van der Waals surface area contributed by atoms with Gasteiger partial charge in [0.1, 0.15) is 23.6 Å². The molecule has 2 N–H and O–H groups in total. The molecule has 0 aliphatic rings. The molecule has 0 atom stereocenters. The summed E-state index contributed by atoms with van der Waals surface area (Å²) >= 11 is 0. The van der Waals surface area contributed by atoms with E-state index in [1.807, 2.05) is 43.3 Å². The quantitative estimate of drug-likeness (QED) is 0.347. The molecule has 0 unspecified atom stereocenters. The second-order valence-corrected chi connectivity index (χ2v) is 7.76. The van der Waals surface area contributed by atoms with Crippen LogP contribution in [0.5, 0.6) is 11.5 Å². The van der Waals surface area contributed by atoms with Crippen LogP contribution < -0.4 is 14.8 Å². The SMILES string of the molecule is CCOc1cc(-c2cc(NCCc3c(OC)ccc4ccccc34)ncn2)ccc1CC(=O)O. The van der Waals surface area contributed by atoms with Crippen LogP contribution in [0.1, 0.15) is 18.1 Å². The molecule has 0 aliphatic heterocycles. The second-order valence-electron chi connectivity index (χ2n) is 7.76. The predicted octanol–water partition coefficient (Wildman–Crippen LogP) is 4.99. The number of nitrogens with zero attached hydrogens (tertiary/aromatic N) is 2. The standard InChI is InChI=1S/C27H27N3O4/c1-3-34-25-14-19(8-9-20(25)15-27(31)32)23-16-26(30-17-29-23)28-13-12-22-21-7-5-4-6-18(21)10-11-24(22)33-2/h4-11,14,16-17H,3,12-13,15H2,1-2H3,(H,31,32)(H,28,29,30). The summed E-state index contributed by atoms with van der Waals surface area (Å²) in [6.45, 7) is 2.99. The number of carboxylic acids is 1. The van der Waals surface area contributed by atoms with Crippen LogP contribution in [0.2, 0.25) is 0 Å². The molecule has 34 heavy (non-hydrogen) atoms. The predicted molar refractivity (Wildman–Crippen MR) is 133 cm³/mol. The van der Waals surface area contributed by atoms with E-state index >= 15 is 0 Å². The molecule has 0 saturated carbocycles. The Morgan fingerprint density at radius 2 is 1.88 bits per heavy atom. The highest BCUT2D eigenvalue weighted by molar-refractivity contribution is 5.87. The normalized spacial score (nSPS) is 10.8. The highest BCUT2D eigenvalue weighted by Crippen LogP contribution is 2.29.